The molecule has 0 unspecified atom stereocenters. The maximum atomic E-state index is 12.1. The minimum Gasteiger partial charge on any atom is -0.496 e. The van der Waals surface area contributed by atoms with Gasteiger partial charge in [-0.3, -0.25) is 9.59 Å². The summed E-state index contributed by atoms with van der Waals surface area (Å²) in [7, 11) is -2.00. The number of aromatic nitrogens is 1. The van der Waals surface area contributed by atoms with Crippen LogP contribution in [0.25, 0.3) is 0 Å². The summed E-state index contributed by atoms with van der Waals surface area (Å²) < 4.78 is 30.8. The van der Waals surface area contributed by atoms with Gasteiger partial charge in [-0.1, -0.05) is 18.2 Å². The van der Waals surface area contributed by atoms with Crippen LogP contribution in [0.15, 0.2) is 52.2 Å². The molecule has 0 aliphatic rings. The van der Waals surface area contributed by atoms with Crippen molar-refractivity contribution in [3.05, 3.63) is 58.5 Å². The van der Waals surface area contributed by atoms with E-state index in [0.717, 1.165) is 5.69 Å². The zero-order chi connectivity index (χ0) is 19.2. The van der Waals surface area contributed by atoms with Crippen LogP contribution in [-0.2, 0) is 21.2 Å². The van der Waals surface area contributed by atoms with Gasteiger partial charge in [0.15, 0.2) is 9.84 Å². The molecule has 0 fully saturated rings. The van der Waals surface area contributed by atoms with Crippen molar-refractivity contribution in [2.75, 3.05) is 19.4 Å². The number of carbonyl (C=O) groups excluding carboxylic acids is 1. The fourth-order valence-corrected chi connectivity index (χ4v) is 3.73. The molecular formula is C18H22N2O5S. The van der Waals surface area contributed by atoms with E-state index in [2.05, 4.69) is 5.32 Å². The smallest absolute Gasteiger partial charge is 0.254 e. The molecule has 7 nitrogen and oxygen atoms in total. The van der Waals surface area contributed by atoms with Crippen molar-refractivity contribution in [1.29, 1.82) is 0 Å². The number of methoxy groups -OCH3 is 1. The number of carbonyl (C=O) groups is 1. The Bertz CT molecular complexity index is 920. The van der Waals surface area contributed by atoms with Crippen molar-refractivity contribution >= 4 is 15.7 Å². The van der Waals surface area contributed by atoms with Gasteiger partial charge in [0.1, 0.15) is 5.75 Å². The molecule has 26 heavy (non-hydrogen) atoms. The Hall–Kier alpha value is -2.61. The summed E-state index contributed by atoms with van der Waals surface area (Å²) in [6.45, 7) is 2.31. The van der Waals surface area contributed by atoms with Crippen LogP contribution in [0.4, 0.5) is 0 Å². The lowest BCUT2D eigenvalue weighted by Gasteiger charge is -2.12. The van der Waals surface area contributed by atoms with Crippen molar-refractivity contribution in [3.8, 4) is 5.75 Å². The second-order valence-electron chi connectivity index (χ2n) is 5.76. The Morgan fingerprint density at radius 1 is 1.19 bits per heavy atom. The molecule has 2 aromatic rings. The summed E-state index contributed by atoms with van der Waals surface area (Å²) in [6, 6.07) is 11.1. The van der Waals surface area contributed by atoms with Crippen LogP contribution in [0.3, 0.4) is 0 Å². The number of pyridine rings is 1. The molecule has 1 aromatic carbocycles. The van der Waals surface area contributed by atoms with E-state index >= 15 is 0 Å². The topological polar surface area (TPSA) is 94.5 Å². The lowest BCUT2D eigenvalue weighted by molar-refractivity contribution is -0.120. The summed E-state index contributed by atoms with van der Waals surface area (Å²) in [5, 5.41) is 2.64. The summed E-state index contributed by atoms with van der Waals surface area (Å²) in [5.74, 6) is -0.146. The Morgan fingerprint density at radius 2 is 1.88 bits per heavy atom. The minimum atomic E-state index is -3.48. The highest BCUT2D eigenvalue weighted by atomic mass is 32.2. The quantitative estimate of drug-likeness (QED) is 0.743. The minimum absolute atomic E-state index is 0.131. The molecule has 1 amide bonds. The van der Waals surface area contributed by atoms with Gasteiger partial charge in [0.2, 0.25) is 5.91 Å². The number of rotatable bonds is 8. The summed E-state index contributed by atoms with van der Waals surface area (Å²) in [5.41, 5.74) is 0.498. The number of amides is 1. The molecule has 1 heterocycles. The molecule has 0 saturated heterocycles. The van der Waals surface area contributed by atoms with Gasteiger partial charge in [-0.15, -0.1) is 0 Å². The average molecular weight is 378 g/mol. The molecule has 2 rings (SSSR count). The van der Waals surface area contributed by atoms with Gasteiger partial charge in [-0.25, -0.2) is 8.42 Å². The summed E-state index contributed by atoms with van der Waals surface area (Å²) in [4.78, 5) is 24.1. The third-order valence-electron chi connectivity index (χ3n) is 3.90. The highest BCUT2D eigenvalue weighted by molar-refractivity contribution is 7.91. The highest BCUT2D eigenvalue weighted by Gasteiger charge is 2.15. The number of sulfone groups is 1. The highest BCUT2D eigenvalue weighted by Crippen LogP contribution is 2.11. The lowest BCUT2D eigenvalue weighted by atomic mass is 10.3. The van der Waals surface area contributed by atoms with Crippen molar-refractivity contribution < 1.29 is 17.9 Å². The van der Waals surface area contributed by atoms with Crippen LogP contribution < -0.4 is 15.6 Å². The predicted molar refractivity (Wildman–Crippen MR) is 98.1 cm³/mol. The second-order valence-corrected chi connectivity index (χ2v) is 7.87. The van der Waals surface area contributed by atoms with Gasteiger partial charge >= 0.3 is 0 Å². The maximum absolute atomic E-state index is 12.1. The Balaban J connectivity index is 1.86. The van der Waals surface area contributed by atoms with Crippen molar-refractivity contribution in [3.63, 3.8) is 0 Å². The van der Waals surface area contributed by atoms with Crippen LogP contribution in [0.2, 0.25) is 0 Å². The molecule has 0 radical (unpaired) electrons. The van der Waals surface area contributed by atoms with Gasteiger partial charge in [0.25, 0.3) is 5.56 Å². The first-order chi connectivity index (χ1) is 12.3. The number of ether oxygens (including phenoxy) is 1. The first-order valence-corrected chi connectivity index (χ1v) is 9.78. The summed E-state index contributed by atoms with van der Waals surface area (Å²) in [6.07, 6.45) is -0.131. The van der Waals surface area contributed by atoms with Gasteiger partial charge < -0.3 is 14.6 Å². The number of aryl methyl sites for hydroxylation is 1. The molecule has 0 bridgehead atoms. The molecule has 0 atom stereocenters. The van der Waals surface area contributed by atoms with E-state index in [1.165, 1.54) is 29.9 Å². The van der Waals surface area contributed by atoms with Crippen molar-refractivity contribution in [2.45, 2.75) is 24.8 Å². The van der Waals surface area contributed by atoms with Gasteiger partial charge in [0, 0.05) is 31.3 Å². The van der Waals surface area contributed by atoms with E-state index in [0.29, 0.717) is 12.3 Å². The van der Waals surface area contributed by atoms with E-state index in [9.17, 15) is 18.0 Å². The standard InChI is InChI=1S/C18H22N2O5S/c1-14-12-15(25-2)13-18(22)20(14)10-9-19-17(21)8-11-26(23,24)16-6-4-3-5-7-16/h3-7,12-13H,8-11H2,1-2H3,(H,19,21). The molecule has 0 aliphatic heterocycles. The SMILES string of the molecule is COc1cc(C)n(CCNC(=O)CCS(=O)(=O)c2ccccc2)c(=O)c1. The molecule has 0 spiro atoms. The van der Waals surface area contributed by atoms with E-state index in [-0.39, 0.29) is 35.1 Å². The second kappa shape index (κ2) is 8.66. The Labute approximate surface area is 152 Å². The van der Waals surface area contributed by atoms with E-state index in [1.807, 2.05) is 0 Å². The van der Waals surface area contributed by atoms with E-state index < -0.39 is 9.84 Å². The fraction of sp³-hybridized carbons (Fsp3) is 0.333. The van der Waals surface area contributed by atoms with Crippen LogP contribution in [0.5, 0.6) is 5.75 Å². The zero-order valence-electron chi connectivity index (χ0n) is 14.8. The monoisotopic (exact) mass is 378 g/mol. The van der Waals surface area contributed by atoms with Crippen LogP contribution in [-0.4, -0.2) is 38.3 Å². The third-order valence-corrected chi connectivity index (χ3v) is 5.63. The first-order valence-electron chi connectivity index (χ1n) is 8.13. The van der Waals surface area contributed by atoms with Gasteiger partial charge in [0.05, 0.1) is 17.8 Å². The first kappa shape index (κ1) is 19.7. The number of nitrogens with one attached hydrogen (secondary N) is 1. The number of nitrogens with zero attached hydrogens (tertiary/aromatic N) is 1. The van der Waals surface area contributed by atoms with Crippen molar-refractivity contribution in [2.24, 2.45) is 0 Å². The zero-order valence-corrected chi connectivity index (χ0v) is 15.6. The number of hydrogen-bond donors (Lipinski definition) is 1. The normalized spacial score (nSPS) is 11.2. The third kappa shape index (κ3) is 5.19. The van der Waals surface area contributed by atoms with Crippen LogP contribution in [0.1, 0.15) is 12.1 Å². The van der Waals surface area contributed by atoms with Gasteiger partial charge in [-0.05, 0) is 25.1 Å². The molecule has 140 valence electrons. The predicted octanol–water partition coefficient (Wildman–Crippen LogP) is 1.15. The van der Waals surface area contributed by atoms with E-state index in [4.69, 9.17) is 4.74 Å². The maximum Gasteiger partial charge on any atom is 0.254 e. The Kier molecular flexibility index (Phi) is 6.57. The van der Waals surface area contributed by atoms with Crippen LogP contribution in [0, 0.1) is 6.92 Å². The number of hydrogen-bond acceptors (Lipinski definition) is 5. The lowest BCUT2D eigenvalue weighted by Crippen LogP contribution is -2.32. The summed E-state index contributed by atoms with van der Waals surface area (Å²) >= 11 is 0. The van der Waals surface area contributed by atoms with Crippen molar-refractivity contribution in [1.82, 2.24) is 9.88 Å². The average Bonchev–Trinajstić information content (AvgIpc) is 2.63. The van der Waals surface area contributed by atoms with E-state index in [1.54, 1.807) is 31.2 Å². The molecule has 8 heteroatoms. The largest absolute Gasteiger partial charge is 0.496 e. The molecule has 0 saturated carbocycles. The fourth-order valence-electron chi connectivity index (χ4n) is 2.47. The Morgan fingerprint density at radius 3 is 2.50 bits per heavy atom. The van der Waals surface area contributed by atoms with Crippen LogP contribution >= 0.6 is 0 Å². The number of benzene rings is 1. The molecule has 0 aliphatic carbocycles. The molecular weight excluding hydrogens is 356 g/mol. The van der Waals surface area contributed by atoms with Gasteiger partial charge in [-0.2, -0.15) is 0 Å². The molecule has 1 aromatic heterocycles. The molecule has 1 N–H and O–H groups in total.